The molecule has 0 unspecified atom stereocenters. The molecular weight excluding hydrogens is 364 g/mol. The van der Waals surface area contributed by atoms with Gasteiger partial charge in [0.15, 0.2) is 11.5 Å². The highest BCUT2D eigenvalue weighted by Gasteiger charge is 2.46. The number of aromatic hydroxyl groups is 2. The first-order valence-electron chi connectivity index (χ1n) is 10.2. The van der Waals surface area contributed by atoms with Crippen LogP contribution in [-0.2, 0) is 15.6 Å². The molecule has 0 spiro atoms. The maximum Gasteiger partial charge on any atom is 0.235 e. The first-order chi connectivity index (χ1) is 13.7. The van der Waals surface area contributed by atoms with Crippen LogP contribution in [0.1, 0.15) is 57.7 Å². The highest BCUT2D eigenvalue weighted by atomic mass is 16.3. The lowest BCUT2D eigenvalue weighted by Crippen LogP contribution is -2.45. The second-order valence-electron chi connectivity index (χ2n) is 8.82. The Bertz CT molecular complexity index is 1080. The number of nitrogens with one attached hydrogen (secondary N) is 2. The average molecular weight is 392 g/mol. The third kappa shape index (κ3) is 3.24. The number of hydrogen-bond acceptors (Lipinski definition) is 3. The van der Waals surface area contributed by atoms with E-state index < -0.39 is 5.41 Å². The zero-order valence-corrected chi connectivity index (χ0v) is 17.2. The second-order valence-corrected chi connectivity index (χ2v) is 8.82. The number of carbonyl (C=O) groups is 1. The Morgan fingerprint density at radius 1 is 1.10 bits per heavy atom. The first-order valence-corrected chi connectivity index (χ1v) is 10.2. The van der Waals surface area contributed by atoms with E-state index in [4.69, 9.17) is 0 Å². The monoisotopic (exact) mass is 392 g/mol. The molecule has 0 bridgehead atoms. The minimum absolute atomic E-state index is 0.0687. The molecule has 3 aromatic rings. The molecule has 29 heavy (non-hydrogen) atoms. The lowest BCUT2D eigenvalue weighted by atomic mass is 9.63. The second kappa shape index (κ2) is 6.83. The lowest BCUT2D eigenvalue weighted by molar-refractivity contribution is -0.124. The fourth-order valence-corrected chi connectivity index (χ4v) is 4.01. The minimum atomic E-state index is -0.659. The molecule has 1 amide bonds. The number of phenols is 2. The first kappa shape index (κ1) is 19.4. The predicted octanol–water partition coefficient (Wildman–Crippen LogP) is 5.33. The number of benzene rings is 2. The summed E-state index contributed by atoms with van der Waals surface area (Å²) in [6, 6.07) is 12.7. The van der Waals surface area contributed by atoms with Crippen LogP contribution in [0.4, 0.5) is 5.69 Å². The molecule has 5 heteroatoms. The summed E-state index contributed by atoms with van der Waals surface area (Å²) < 4.78 is 0. The topological polar surface area (TPSA) is 85.3 Å². The Balaban J connectivity index is 1.61. The summed E-state index contributed by atoms with van der Waals surface area (Å²) >= 11 is 0. The molecule has 0 saturated heterocycles. The van der Waals surface area contributed by atoms with Crippen molar-refractivity contribution in [1.29, 1.82) is 0 Å². The van der Waals surface area contributed by atoms with Gasteiger partial charge in [0.1, 0.15) is 0 Å². The summed E-state index contributed by atoms with van der Waals surface area (Å²) in [5, 5.41) is 23.6. The van der Waals surface area contributed by atoms with E-state index in [1.165, 1.54) is 17.8 Å². The van der Waals surface area contributed by atoms with Gasteiger partial charge in [-0.3, -0.25) is 4.79 Å². The predicted molar refractivity (Wildman–Crippen MR) is 116 cm³/mol. The zero-order valence-electron chi connectivity index (χ0n) is 17.2. The number of amides is 1. The van der Waals surface area contributed by atoms with Gasteiger partial charge in [0.05, 0.1) is 5.41 Å². The summed E-state index contributed by atoms with van der Waals surface area (Å²) in [6.45, 7) is 6.61. The van der Waals surface area contributed by atoms with Crippen molar-refractivity contribution in [3.8, 4) is 11.5 Å². The van der Waals surface area contributed by atoms with Crippen LogP contribution in [0.15, 0.2) is 42.5 Å². The van der Waals surface area contributed by atoms with Crippen molar-refractivity contribution in [2.75, 3.05) is 5.32 Å². The molecule has 1 heterocycles. The molecule has 0 atom stereocenters. The Morgan fingerprint density at radius 2 is 1.86 bits per heavy atom. The maximum absolute atomic E-state index is 13.2. The largest absolute Gasteiger partial charge is 0.504 e. The van der Waals surface area contributed by atoms with Crippen molar-refractivity contribution in [3.05, 3.63) is 53.7 Å². The number of aromatic amines is 1. The summed E-state index contributed by atoms with van der Waals surface area (Å²) in [6.07, 6.45) is 3.45. The molecule has 1 fully saturated rings. The Morgan fingerprint density at radius 3 is 2.48 bits per heavy atom. The molecule has 1 aliphatic rings. The molecule has 2 aromatic carbocycles. The number of fused-ring (bicyclic) bond motifs is 1. The van der Waals surface area contributed by atoms with Gasteiger partial charge in [-0.1, -0.05) is 33.3 Å². The van der Waals surface area contributed by atoms with Crippen molar-refractivity contribution in [1.82, 2.24) is 4.98 Å². The highest BCUT2D eigenvalue weighted by Crippen LogP contribution is 2.46. The summed E-state index contributed by atoms with van der Waals surface area (Å²) in [5.41, 5.74) is 3.16. The maximum atomic E-state index is 13.2. The van der Waals surface area contributed by atoms with Crippen molar-refractivity contribution >= 4 is 22.5 Å². The molecule has 0 aliphatic heterocycles. The van der Waals surface area contributed by atoms with Gasteiger partial charge >= 0.3 is 0 Å². The van der Waals surface area contributed by atoms with Gasteiger partial charge in [0.2, 0.25) is 5.91 Å². The average Bonchev–Trinajstić information content (AvgIpc) is 3.08. The fraction of sp³-hybridized carbons (Fsp3) is 0.375. The normalized spacial score (nSPS) is 15.8. The summed E-state index contributed by atoms with van der Waals surface area (Å²) in [4.78, 5) is 16.7. The van der Waals surface area contributed by atoms with Crippen LogP contribution in [0.25, 0.3) is 10.9 Å². The van der Waals surface area contributed by atoms with Crippen molar-refractivity contribution in [2.45, 2.75) is 57.3 Å². The van der Waals surface area contributed by atoms with Crippen molar-refractivity contribution in [3.63, 3.8) is 0 Å². The van der Waals surface area contributed by atoms with Crippen LogP contribution in [0, 0.1) is 0 Å². The SMILES string of the molecule is CCC(C)(C)c1cc2cc(NC(=O)C3(c4ccc(O)c(O)c4)CCC3)ccc2[nH]1. The number of rotatable bonds is 5. The molecule has 1 aliphatic carbocycles. The van der Waals surface area contributed by atoms with Gasteiger partial charge < -0.3 is 20.5 Å². The van der Waals surface area contributed by atoms with Gasteiger partial charge in [-0.05, 0) is 61.2 Å². The highest BCUT2D eigenvalue weighted by molar-refractivity contribution is 6.01. The third-order valence-electron chi connectivity index (χ3n) is 6.66. The number of H-pyrrole nitrogens is 1. The number of carbonyl (C=O) groups excluding carboxylic acids is 1. The number of hydrogen-bond donors (Lipinski definition) is 4. The van der Waals surface area contributed by atoms with E-state index in [-0.39, 0.29) is 22.8 Å². The van der Waals surface area contributed by atoms with Crippen LogP contribution in [0.5, 0.6) is 11.5 Å². The van der Waals surface area contributed by atoms with E-state index in [0.29, 0.717) is 0 Å². The van der Waals surface area contributed by atoms with Crippen molar-refractivity contribution < 1.29 is 15.0 Å². The van der Waals surface area contributed by atoms with Crippen LogP contribution in [-0.4, -0.2) is 21.1 Å². The molecule has 4 rings (SSSR count). The van der Waals surface area contributed by atoms with E-state index in [0.717, 1.165) is 47.8 Å². The lowest BCUT2D eigenvalue weighted by Gasteiger charge is -2.40. The summed E-state index contributed by atoms with van der Waals surface area (Å²) in [7, 11) is 0. The molecule has 152 valence electrons. The molecular formula is C24H28N2O3. The molecule has 4 N–H and O–H groups in total. The Labute approximate surface area is 170 Å². The van der Waals surface area contributed by atoms with Gasteiger partial charge in [0, 0.05) is 27.7 Å². The quantitative estimate of drug-likeness (QED) is 0.443. The van der Waals surface area contributed by atoms with Gasteiger partial charge in [-0.2, -0.15) is 0 Å². The van der Waals surface area contributed by atoms with Crippen LogP contribution < -0.4 is 5.32 Å². The molecule has 5 nitrogen and oxygen atoms in total. The van der Waals surface area contributed by atoms with E-state index in [1.54, 1.807) is 6.07 Å². The van der Waals surface area contributed by atoms with E-state index in [2.05, 4.69) is 37.1 Å². The third-order valence-corrected chi connectivity index (χ3v) is 6.66. The fourth-order valence-electron chi connectivity index (χ4n) is 4.01. The molecule has 1 aromatic heterocycles. The van der Waals surface area contributed by atoms with Crippen LogP contribution in [0.2, 0.25) is 0 Å². The van der Waals surface area contributed by atoms with E-state index in [9.17, 15) is 15.0 Å². The minimum Gasteiger partial charge on any atom is -0.504 e. The number of anilines is 1. The van der Waals surface area contributed by atoms with Crippen LogP contribution >= 0.6 is 0 Å². The molecule has 0 radical (unpaired) electrons. The van der Waals surface area contributed by atoms with Gasteiger partial charge in [-0.25, -0.2) is 0 Å². The Hall–Kier alpha value is -2.95. The smallest absolute Gasteiger partial charge is 0.235 e. The molecule has 1 saturated carbocycles. The van der Waals surface area contributed by atoms with Crippen molar-refractivity contribution in [2.24, 2.45) is 0 Å². The zero-order chi connectivity index (χ0) is 20.8. The van der Waals surface area contributed by atoms with Gasteiger partial charge in [-0.15, -0.1) is 0 Å². The standard InChI is InChI=1S/C24H28N2O3/c1-4-23(2,3)21-13-15-12-17(7-8-18(15)26-21)25-22(29)24(10-5-11-24)16-6-9-19(27)20(28)14-16/h6-9,12-14,26-28H,4-5,10-11H2,1-3H3,(H,25,29). The summed E-state index contributed by atoms with van der Waals surface area (Å²) in [5.74, 6) is -0.438. The van der Waals surface area contributed by atoms with Crippen LogP contribution in [0.3, 0.4) is 0 Å². The number of aromatic nitrogens is 1. The van der Waals surface area contributed by atoms with E-state index in [1.807, 2.05) is 18.2 Å². The van der Waals surface area contributed by atoms with E-state index >= 15 is 0 Å². The Kier molecular flexibility index (Phi) is 4.56. The van der Waals surface area contributed by atoms with Gasteiger partial charge in [0.25, 0.3) is 0 Å². The number of phenolic OH excluding ortho intramolecular Hbond substituents is 2.